The van der Waals surface area contributed by atoms with E-state index >= 15 is 0 Å². The number of carbonyl (C=O) groups is 2. The van der Waals surface area contributed by atoms with E-state index in [0.717, 1.165) is 41.1 Å². The summed E-state index contributed by atoms with van der Waals surface area (Å²) >= 11 is 0. The van der Waals surface area contributed by atoms with Crippen molar-refractivity contribution in [2.45, 2.75) is 89.3 Å². The monoisotopic (exact) mass is 710 g/mol. The predicted molar refractivity (Wildman–Crippen MR) is 192 cm³/mol. The first-order valence-corrected chi connectivity index (χ1v) is 18.9. The van der Waals surface area contributed by atoms with Crippen molar-refractivity contribution < 1.29 is 31.5 Å². The van der Waals surface area contributed by atoms with Gasteiger partial charge in [0.25, 0.3) is 5.91 Å². The van der Waals surface area contributed by atoms with Crippen LogP contribution in [0, 0.1) is 11.6 Å². The molecule has 12 heteroatoms. The van der Waals surface area contributed by atoms with E-state index in [0.29, 0.717) is 37.7 Å². The van der Waals surface area contributed by atoms with E-state index in [-0.39, 0.29) is 24.1 Å². The molecule has 0 fully saturated rings. The van der Waals surface area contributed by atoms with Crippen molar-refractivity contribution in [3.05, 3.63) is 107 Å². The van der Waals surface area contributed by atoms with Gasteiger partial charge in [-0.3, -0.25) is 4.79 Å². The van der Waals surface area contributed by atoms with Crippen LogP contribution >= 0.6 is 0 Å². The fourth-order valence-electron chi connectivity index (χ4n) is 6.08. The summed E-state index contributed by atoms with van der Waals surface area (Å²) in [7, 11) is -3.87. The average Bonchev–Trinajstić information content (AvgIpc) is 3.55. The molecule has 0 aliphatic heterocycles. The van der Waals surface area contributed by atoms with Crippen molar-refractivity contribution in [2.75, 3.05) is 12.3 Å². The first-order chi connectivity index (χ1) is 23.9. The number of carbonyl (C=O) groups excluding carboxylic acids is 2. The molecule has 4 rings (SSSR count). The van der Waals surface area contributed by atoms with Crippen LogP contribution in [-0.2, 0) is 38.8 Å². The van der Waals surface area contributed by atoms with Gasteiger partial charge in [-0.05, 0) is 78.1 Å². The van der Waals surface area contributed by atoms with E-state index < -0.39 is 62.5 Å². The predicted octanol–water partition coefficient (Wildman–Crippen LogP) is 5.76. The maximum Gasteiger partial charge on any atom is 0.330 e. The molecule has 0 saturated carbocycles. The second kappa shape index (κ2) is 18.2. The highest BCUT2D eigenvalue weighted by molar-refractivity contribution is 7.92. The number of sulfone groups is 1. The summed E-state index contributed by atoms with van der Waals surface area (Å²) in [6.45, 7) is 6.30. The number of rotatable bonds is 19. The van der Waals surface area contributed by atoms with Crippen molar-refractivity contribution in [3.8, 4) is 0 Å². The molecule has 50 heavy (non-hydrogen) atoms. The summed E-state index contributed by atoms with van der Waals surface area (Å²) < 4.78 is 61.4. The number of aryl methyl sites for hydroxylation is 1. The van der Waals surface area contributed by atoms with Gasteiger partial charge in [-0.15, -0.1) is 0 Å². The summed E-state index contributed by atoms with van der Waals surface area (Å²) in [6, 6.07) is 15.3. The van der Waals surface area contributed by atoms with E-state index in [1.54, 1.807) is 24.4 Å². The molecular formula is C38H48F2N4O5S. The Morgan fingerprint density at radius 2 is 1.60 bits per heavy atom. The summed E-state index contributed by atoms with van der Waals surface area (Å²) in [5, 5.41) is 6.06. The molecule has 270 valence electrons. The van der Waals surface area contributed by atoms with Crippen LogP contribution in [-0.4, -0.2) is 61.0 Å². The lowest BCUT2D eigenvalue weighted by atomic mass is 10.0. The molecule has 0 radical (unpaired) electrons. The number of hydrogen-bond donors (Lipinski definition) is 4. The van der Waals surface area contributed by atoms with Gasteiger partial charge < -0.3 is 26.1 Å². The largest absolute Gasteiger partial charge is 0.458 e. The molecule has 4 aromatic rings. The van der Waals surface area contributed by atoms with Crippen LogP contribution in [0.1, 0.15) is 73.5 Å². The fraction of sp³-hybridized carbons (Fsp3) is 0.421. The number of fused-ring (bicyclic) bond motifs is 1. The number of esters is 1. The fourth-order valence-corrected chi connectivity index (χ4v) is 8.22. The smallest absolute Gasteiger partial charge is 0.330 e. The zero-order chi connectivity index (χ0) is 36.3. The molecule has 0 aliphatic rings. The number of nitrogens with one attached hydrogen (secondary N) is 3. The molecule has 0 spiro atoms. The Morgan fingerprint density at radius 3 is 2.28 bits per heavy atom. The minimum Gasteiger partial charge on any atom is -0.458 e. The van der Waals surface area contributed by atoms with Crippen LogP contribution in [0.4, 0.5) is 8.78 Å². The Balaban J connectivity index is 1.60. The molecule has 1 heterocycles. The molecule has 0 bridgehead atoms. The molecule has 0 unspecified atom stereocenters. The van der Waals surface area contributed by atoms with Gasteiger partial charge in [0.15, 0.2) is 9.84 Å². The molecule has 0 saturated heterocycles. The number of ether oxygens (including phenoxy) is 1. The second-order valence-corrected chi connectivity index (χ2v) is 15.1. The van der Waals surface area contributed by atoms with Gasteiger partial charge in [0.1, 0.15) is 23.8 Å². The molecule has 9 nitrogen and oxygen atoms in total. The first-order valence-electron chi connectivity index (χ1n) is 17.2. The average molecular weight is 711 g/mol. The summed E-state index contributed by atoms with van der Waals surface area (Å²) in [5.41, 5.74) is 9.87. The molecular weight excluding hydrogens is 663 g/mol. The van der Waals surface area contributed by atoms with Gasteiger partial charge in [0, 0.05) is 42.5 Å². The third-order valence-electron chi connectivity index (χ3n) is 8.75. The van der Waals surface area contributed by atoms with E-state index in [2.05, 4.69) is 22.5 Å². The Hall–Kier alpha value is -4.13. The number of benzene rings is 3. The van der Waals surface area contributed by atoms with Crippen molar-refractivity contribution >= 4 is 32.6 Å². The van der Waals surface area contributed by atoms with Crippen LogP contribution in [0.15, 0.2) is 72.9 Å². The van der Waals surface area contributed by atoms with Crippen LogP contribution in [0.3, 0.4) is 0 Å². The molecule has 3 aromatic carbocycles. The van der Waals surface area contributed by atoms with E-state index in [9.17, 15) is 26.8 Å². The number of hydrogen-bond acceptors (Lipinski definition) is 7. The highest BCUT2D eigenvalue weighted by Gasteiger charge is 2.35. The first kappa shape index (κ1) is 38.7. The highest BCUT2D eigenvalue weighted by atomic mass is 32.2. The highest BCUT2D eigenvalue weighted by Crippen LogP contribution is 2.20. The second-order valence-electron chi connectivity index (χ2n) is 12.8. The van der Waals surface area contributed by atoms with Gasteiger partial charge in [0.2, 0.25) is 0 Å². The van der Waals surface area contributed by atoms with E-state index in [1.807, 2.05) is 44.2 Å². The van der Waals surface area contributed by atoms with Crippen LogP contribution in [0.25, 0.3) is 10.9 Å². The lowest BCUT2D eigenvalue weighted by molar-refractivity contribution is -0.151. The van der Waals surface area contributed by atoms with Crippen LogP contribution in [0.2, 0.25) is 0 Å². The van der Waals surface area contributed by atoms with Crippen molar-refractivity contribution in [1.82, 2.24) is 15.6 Å². The lowest BCUT2D eigenvalue weighted by Gasteiger charge is -2.28. The number of nitrogens with two attached hydrogens (primary N) is 1. The van der Waals surface area contributed by atoms with Crippen molar-refractivity contribution in [1.29, 1.82) is 0 Å². The summed E-state index contributed by atoms with van der Waals surface area (Å²) in [6.07, 6.45) is 3.58. The van der Waals surface area contributed by atoms with E-state index in [1.165, 1.54) is 0 Å². The van der Waals surface area contributed by atoms with Gasteiger partial charge in [-0.2, -0.15) is 0 Å². The minimum atomic E-state index is -3.87. The standard InChI is InChI=1S/C38H48F2N4O5S/c1-4-8-32(9-5-2)50(47,48)24-35(44-37(45)29-13-12-28-14-15-43-34(28)20-29)38(46)49-36(23-42-22-26-11-7-10-25(6-3)16-26)33(41)19-27-17-30(39)21-31(40)18-27/h7,10-18,20-21,32-33,35-36,42-43H,4-6,8-9,19,22-24,41H2,1-3H3,(H,44,45)/t33-,35-,36+/m0/s1. The Kier molecular flexibility index (Phi) is 14.1. The van der Waals surface area contributed by atoms with Gasteiger partial charge >= 0.3 is 5.97 Å². The topological polar surface area (TPSA) is 143 Å². The minimum absolute atomic E-state index is 0.0415. The molecule has 0 aliphatic carbocycles. The van der Waals surface area contributed by atoms with Crippen molar-refractivity contribution in [2.24, 2.45) is 5.73 Å². The van der Waals surface area contributed by atoms with Gasteiger partial charge in [-0.25, -0.2) is 22.0 Å². The van der Waals surface area contributed by atoms with Crippen LogP contribution in [0.5, 0.6) is 0 Å². The Bertz CT molecular complexity index is 1820. The number of aromatic amines is 1. The van der Waals surface area contributed by atoms with Gasteiger partial charge in [0.05, 0.1) is 11.0 Å². The third-order valence-corrected chi connectivity index (χ3v) is 11.0. The summed E-state index contributed by atoms with van der Waals surface area (Å²) in [5.74, 6) is -3.83. The quantitative estimate of drug-likeness (QED) is 0.0907. The van der Waals surface area contributed by atoms with Crippen LogP contribution < -0.4 is 16.4 Å². The number of H-pyrrole nitrogens is 1. The summed E-state index contributed by atoms with van der Waals surface area (Å²) in [4.78, 5) is 30.5. The SMILES string of the molecule is CCCC(CCC)S(=O)(=O)C[C@H](NC(=O)c1ccc2cc[nH]c2c1)C(=O)O[C@H](CNCc1cccc(CC)c1)[C@@H](N)Cc1cc(F)cc(F)c1. The van der Waals surface area contributed by atoms with E-state index in [4.69, 9.17) is 10.5 Å². The lowest BCUT2D eigenvalue weighted by Crippen LogP contribution is -2.52. The van der Waals surface area contributed by atoms with Gasteiger partial charge in [-0.1, -0.05) is 63.9 Å². The third kappa shape index (κ3) is 10.9. The number of aromatic nitrogens is 1. The van der Waals surface area contributed by atoms with Crippen molar-refractivity contribution in [3.63, 3.8) is 0 Å². The molecule has 1 amide bonds. The molecule has 3 atom stereocenters. The maximum atomic E-state index is 14.0. The number of amides is 1. The zero-order valence-electron chi connectivity index (χ0n) is 28.9. The zero-order valence-corrected chi connectivity index (χ0v) is 29.7. The molecule has 5 N–H and O–H groups in total. The Morgan fingerprint density at radius 1 is 0.900 bits per heavy atom. The Labute approximate surface area is 293 Å². The normalized spacial score (nSPS) is 13.7. The maximum absolute atomic E-state index is 14.0. The number of halogens is 2. The molecule has 1 aromatic heterocycles.